The molecule has 1 saturated heterocycles. The van der Waals surface area contributed by atoms with Crippen molar-refractivity contribution in [2.45, 2.75) is 32.7 Å². The van der Waals surface area contributed by atoms with E-state index in [1.54, 1.807) is 0 Å². The highest BCUT2D eigenvalue weighted by atomic mass is 16.5. The van der Waals surface area contributed by atoms with E-state index in [4.69, 9.17) is 10.5 Å². The van der Waals surface area contributed by atoms with Crippen LogP contribution in [0.1, 0.15) is 26.7 Å². The lowest BCUT2D eigenvalue weighted by Crippen LogP contribution is -2.39. The van der Waals surface area contributed by atoms with Crippen LogP contribution in [-0.4, -0.2) is 36.7 Å². The Morgan fingerprint density at radius 2 is 2.07 bits per heavy atom. The summed E-state index contributed by atoms with van der Waals surface area (Å²) in [4.78, 5) is 12.8. The lowest BCUT2D eigenvalue weighted by Gasteiger charge is -2.34. The lowest BCUT2D eigenvalue weighted by atomic mass is 9.97. The highest BCUT2D eigenvalue weighted by molar-refractivity contribution is 5.64. The van der Waals surface area contributed by atoms with Gasteiger partial charge in [0.25, 0.3) is 0 Å². The molecule has 2 N–H and O–H groups in total. The number of carbonyl (C=O) groups excluding carboxylic acids is 1. The third-order valence-corrected chi connectivity index (χ3v) is 2.84. The molecule has 1 heterocycles. The Kier molecular flexibility index (Phi) is 4.20. The Bertz CT molecular complexity index is 187. The van der Waals surface area contributed by atoms with Crippen LogP contribution in [0.15, 0.2) is 0 Å². The largest absolute Gasteiger partial charge is 0.449 e. The minimum Gasteiger partial charge on any atom is -0.449 e. The highest BCUT2D eigenvalue weighted by Crippen LogP contribution is 2.18. The normalized spacial score (nSPS) is 19.9. The summed E-state index contributed by atoms with van der Waals surface area (Å²) in [5.74, 6) is 0.498. The predicted octanol–water partition coefficient (Wildman–Crippen LogP) is 1.20. The molecule has 1 rings (SSSR count). The Hall–Kier alpha value is -0.770. The van der Waals surface area contributed by atoms with Gasteiger partial charge < -0.3 is 15.4 Å². The molecular weight excluding hydrogens is 180 g/mol. The topological polar surface area (TPSA) is 55.6 Å². The van der Waals surface area contributed by atoms with E-state index in [1.165, 1.54) is 0 Å². The number of hydrogen-bond acceptors (Lipinski definition) is 3. The molecule has 0 bridgehead atoms. The van der Waals surface area contributed by atoms with E-state index < -0.39 is 6.09 Å². The summed E-state index contributed by atoms with van der Waals surface area (Å²) >= 11 is 0. The zero-order valence-corrected chi connectivity index (χ0v) is 9.03. The van der Waals surface area contributed by atoms with Crippen molar-refractivity contribution in [2.75, 3.05) is 19.7 Å². The van der Waals surface area contributed by atoms with E-state index in [1.807, 2.05) is 0 Å². The molecule has 1 fully saturated rings. The fourth-order valence-corrected chi connectivity index (χ4v) is 1.84. The fourth-order valence-electron chi connectivity index (χ4n) is 1.84. The maximum absolute atomic E-state index is 10.4. The standard InChI is InChI=1S/C10H20N2O2/c1-8(2)12-5-3-9(4-6-12)7-14-10(11)13/h8-9H,3-7H2,1-2H3,(H2,11,13). The van der Waals surface area contributed by atoms with Gasteiger partial charge in [-0.1, -0.05) is 0 Å². The summed E-state index contributed by atoms with van der Waals surface area (Å²) in [6.45, 7) is 7.11. The van der Waals surface area contributed by atoms with Crippen LogP contribution in [-0.2, 0) is 4.74 Å². The van der Waals surface area contributed by atoms with Gasteiger partial charge in [0.2, 0.25) is 0 Å². The van der Waals surface area contributed by atoms with E-state index in [2.05, 4.69) is 18.7 Å². The number of likely N-dealkylation sites (tertiary alicyclic amines) is 1. The number of carbonyl (C=O) groups is 1. The number of ether oxygens (including phenoxy) is 1. The van der Waals surface area contributed by atoms with Crippen LogP contribution in [0.4, 0.5) is 4.79 Å². The first-order chi connectivity index (χ1) is 6.59. The summed E-state index contributed by atoms with van der Waals surface area (Å²) in [7, 11) is 0. The Balaban J connectivity index is 2.19. The molecule has 14 heavy (non-hydrogen) atoms. The number of nitrogens with two attached hydrogens (primary N) is 1. The lowest BCUT2D eigenvalue weighted by molar-refractivity contribution is 0.0913. The molecule has 0 spiro atoms. The average Bonchev–Trinajstić information content (AvgIpc) is 2.15. The van der Waals surface area contributed by atoms with Crippen LogP contribution in [0.5, 0.6) is 0 Å². The van der Waals surface area contributed by atoms with Crippen molar-refractivity contribution < 1.29 is 9.53 Å². The van der Waals surface area contributed by atoms with Gasteiger partial charge in [0.15, 0.2) is 0 Å². The van der Waals surface area contributed by atoms with Crippen molar-refractivity contribution in [3.8, 4) is 0 Å². The molecule has 0 atom stereocenters. The van der Waals surface area contributed by atoms with E-state index >= 15 is 0 Å². The maximum Gasteiger partial charge on any atom is 0.404 e. The van der Waals surface area contributed by atoms with Crippen molar-refractivity contribution in [3.05, 3.63) is 0 Å². The van der Waals surface area contributed by atoms with Gasteiger partial charge in [0, 0.05) is 6.04 Å². The van der Waals surface area contributed by atoms with E-state index in [0.29, 0.717) is 18.6 Å². The maximum atomic E-state index is 10.4. The minimum atomic E-state index is -0.656. The molecule has 4 heteroatoms. The molecule has 1 aliphatic heterocycles. The van der Waals surface area contributed by atoms with Gasteiger partial charge in [-0.15, -0.1) is 0 Å². The number of nitrogens with zero attached hydrogens (tertiary/aromatic N) is 1. The van der Waals surface area contributed by atoms with Crippen molar-refractivity contribution in [1.82, 2.24) is 4.90 Å². The SMILES string of the molecule is CC(C)N1CCC(COC(N)=O)CC1. The van der Waals surface area contributed by atoms with Gasteiger partial charge in [-0.2, -0.15) is 0 Å². The van der Waals surface area contributed by atoms with Gasteiger partial charge in [-0.05, 0) is 45.7 Å². The third kappa shape index (κ3) is 3.54. The van der Waals surface area contributed by atoms with Crippen LogP contribution in [0, 0.1) is 5.92 Å². The number of hydrogen-bond donors (Lipinski definition) is 1. The zero-order chi connectivity index (χ0) is 10.6. The van der Waals surface area contributed by atoms with Crippen LogP contribution in [0.3, 0.4) is 0 Å². The first-order valence-corrected chi connectivity index (χ1v) is 5.26. The van der Waals surface area contributed by atoms with Crippen molar-refractivity contribution in [3.63, 3.8) is 0 Å². The van der Waals surface area contributed by atoms with E-state index in [9.17, 15) is 4.79 Å². The zero-order valence-electron chi connectivity index (χ0n) is 9.03. The van der Waals surface area contributed by atoms with Crippen LogP contribution in [0.2, 0.25) is 0 Å². The molecule has 1 aliphatic rings. The van der Waals surface area contributed by atoms with Gasteiger partial charge in [-0.25, -0.2) is 4.79 Å². The Labute approximate surface area is 85.4 Å². The monoisotopic (exact) mass is 200 g/mol. The molecule has 0 aromatic heterocycles. The highest BCUT2D eigenvalue weighted by Gasteiger charge is 2.21. The molecule has 82 valence electrons. The quantitative estimate of drug-likeness (QED) is 0.744. The molecule has 0 aromatic carbocycles. The molecule has 1 amide bonds. The summed E-state index contributed by atoms with van der Waals surface area (Å²) in [6, 6.07) is 0.619. The predicted molar refractivity (Wildman–Crippen MR) is 55.0 cm³/mol. The number of piperidine rings is 1. The smallest absolute Gasteiger partial charge is 0.404 e. The number of primary amides is 1. The third-order valence-electron chi connectivity index (χ3n) is 2.84. The molecule has 0 unspecified atom stereocenters. The van der Waals surface area contributed by atoms with Crippen LogP contribution < -0.4 is 5.73 Å². The van der Waals surface area contributed by atoms with Crippen molar-refractivity contribution >= 4 is 6.09 Å². The fraction of sp³-hybridized carbons (Fsp3) is 0.900. The summed E-state index contributed by atoms with van der Waals surface area (Å²) in [5.41, 5.74) is 4.91. The molecular formula is C10H20N2O2. The second-order valence-corrected chi connectivity index (χ2v) is 4.20. The Morgan fingerprint density at radius 1 is 1.50 bits per heavy atom. The van der Waals surface area contributed by atoms with Gasteiger partial charge in [-0.3, -0.25) is 0 Å². The van der Waals surface area contributed by atoms with Crippen LogP contribution >= 0.6 is 0 Å². The van der Waals surface area contributed by atoms with E-state index in [-0.39, 0.29) is 0 Å². The molecule has 4 nitrogen and oxygen atoms in total. The van der Waals surface area contributed by atoms with Crippen molar-refractivity contribution in [2.24, 2.45) is 11.7 Å². The molecule has 0 aliphatic carbocycles. The summed E-state index contributed by atoms with van der Waals surface area (Å²) < 4.78 is 4.80. The summed E-state index contributed by atoms with van der Waals surface area (Å²) in [5, 5.41) is 0. The molecule has 0 saturated carbocycles. The minimum absolute atomic E-state index is 0.487. The Morgan fingerprint density at radius 3 is 2.50 bits per heavy atom. The summed E-state index contributed by atoms with van der Waals surface area (Å²) in [6.07, 6.45) is 1.55. The number of amides is 1. The molecule has 0 radical (unpaired) electrons. The van der Waals surface area contributed by atoms with Crippen LogP contribution in [0.25, 0.3) is 0 Å². The average molecular weight is 200 g/mol. The van der Waals surface area contributed by atoms with Crippen molar-refractivity contribution in [1.29, 1.82) is 0 Å². The van der Waals surface area contributed by atoms with E-state index in [0.717, 1.165) is 25.9 Å². The molecule has 0 aromatic rings. The second kappa shape index (κ2) is 5.20. The first-order valence-electron chi connectivity index (χ1n) is 5.26. The first kappa shape index (κ1) is 11.3. The van der Waals surface area contributed by atoms with Gasteiger partial charge >= 0.3 is 6.09 Å². The van der Waals surface area contributed by atoms with Gasteiger partial charge in [0.05, 0.1) is 6.61 Å². The number of rotatable bonds is 3. The van der Waals surface area contributed by atoms with Gasteiger partial charge in [0.1, 0.15) is 0 Å². The second-order valence-electron chi connectivity index (χ2n) is 4.20.